The molecule has 0 saturated carbocycles. The van der Waals surface area contributed by atoms with Crippen LogP contribution in [0.3, 0.4) is 0 Å². The van der Waals surface area contributed by atoms with Gasteiger partial charge in [0.15, 0.2) is 11.5 Å². The van der Waals surface area contributed by atoms with Gasteiger partial charge < -0.3 is 9.73 Å². The molecule has 3 nitrogen and oxygen atoms in total. The van der Waals surface area contributed by atoms with Crippen LogP contribution in [0.25, 0.3) is 11.1 Å². The molecule has 0 aliphatic rings. The van der Waals surface area contributed by atoms with E-state index in [2.05, 4.69) is 41.5 Å². The van der Waals surface area contributed by atoms with Crippen LogP contribution in [-0.4, -0.2) is 11.5 Å². The minimum atomic E-state index is 0.780. The van der Waals surface area contributed by atoms with Crippen molar-refractivity contribution in [3.05, 3.63) is 59.5 Å². The quantitative estimate of drug-likeness (QED) is 0.772. The predicted octanol–water partition coefficient (Wildman–Crippen LogP) is 4.10. The Bertz CT molecular complexity index is 713. The van der Waals surface area contributed by atoms with E-state index in [1.807, 2.05) is 25.1 Å². The standard InChI is InChI=1S/C17H18N2O/c1-12-6-8-14(9-7-12)18-11-10-16-19-15-5-3-4-13(2)17(15)20-16/h3-9,18H,10-11H2,1-2H3. The molecule has 1 N–H and O–H groups in total. The molecule has 0 bridgehead atoms. The number of hydrogen-bond acceptors (Lipinski definition) is 3. The van der Waals surface area contributed by atoms with Gasteiger partial charge in [-0.1, -0.05) is 29.8 Å². The summed E-state index contributed by atoms with van der Waals surface area (Å²) in [5.74, 6) is 0.786. The van der Waals surface area contributed by atoms with Crippen molar-refractivity contribution in [2.75, 3.05) is 11.9 Å². The first-order valence-corrected chi connectivity index (χ1v) is 6.88. The van der Waals surface area contributed by atoms with Gasteiger partial charge >= 0.3 is 0 Å². The van der Waals surface area contributed by atoms with Gasteiger partial charge in [-0.2, -0.15) is 0 Å². The van der Waals surface area contributed by atoms with Crippen molar-refractivity contribution in [2.45, 2.75) is 20.3 Å². The predicted molar refractivity (Wildman–Crippen MR) is 82.1 cm³/mol. The molecule has 0 atom stereocenters. The first-order valence-electron chi connectivity index (χ1n) is 6.88. The number of aryl methyl sites for hydroxylation is 2. The number of anilines is 1. The third-order valence-corrected chi connectivity index (χ3v) is 3.38. The van der Waals surface area contributed by atoms with Crippen LogP contribution in [0, 0.1) is 13.8 Å². The molecule has 1 aromatic heterocycles. The number of hydrogen-bond donors (Lipinski definition) is 1. The summed E-state index contributed by atoms with van der Waals surface area (Å²) in [5.41, 5.74) is 5.37. The number of nitrogens with one attached hydrogen (secondary N) is 1. The second-order valence-electron chi connectivity index (χ2n) is 5.07. The van der Waals surface area contributed by atoms with Crippen LogP contribution in [0.4, 0.5) is 5.69 Å². The van der Waals surface area contributed by atoms with E-state index in [0.717, 1.165) is 41.2 Å². The summed E-state index contributed by atoms with van der Waals surface area (Å²) in [6.07, 6.45) is 0.780. The molecule has 2 aromatic carbocycles. The maximum absolute atomic E-state index is 5.80. The van der Waals surface area contributed by atoms with Gasteiger partial charge in [0.25, 0.3) is 0 Å². The fraction of sp³-hybridized carbons (Fsp3) is 0.235. The van der Waals surface area contributed by atoms with Gasteiger partial charge in [-0.25, -0.2) is 4.98 Å². The number of benzene rings is 2. The van der Waals surface area contributed by atoms with Crippen LogP contribution in [0.2, 0.25) is 0 Å². The largest absolute Gasteiger partial charge is 0.440 e. The summed E-state index contributed by atoms with van der Waals surface area (Å²) >= 11 is 0. The van der Waals surface area contributed by atoms with Crippen LogP contribution in [0.15, 0.2) is 46.9 Å². The van der Waals surface area contributed by atoms with Gasteiger partial charge in [-0.15, -0.1) is 0 Å². The van der Waals surface area contributed by atoms with Crippen LogP contribution in [0.5, 0.6) is 0 Å². The monoisotopic (exact) mass is 266 g/mol. The zero-order valence-electron chi connectivity index (χ0n) is 11.8. The second-order valence-corrected chi connectivity index (χ2v) is 5.07. The third kappa shape index (κ3) is 2.67. The van der Waals surface area contributed by atoms with Gasteiger partial charge in [0.1, 0.15) is 5.52 Å². The number of rotatable bonds is 4. The van der Waals surface area contributed by atoms with Crippen molar-refractivity contribution in [3.8, 4) is 0 Å². The smallest absolute Gasteiger partial charge is 0.197 e. The molecule has 0 unspecified atom stereocenters. The van der Waals surface area contributed by atoms with Crippen molar-refractivity contribution >= 4 is 16.8 Å². The van der Waals surface area contributed by atoms with E-state index in [-0.39, 0.29) is 0 Å². The van der Waals surface area contributed by atoms with Crippen LogP contribution in [-0.2, 0) is 6.42 Å². The molecule has 0 aliphatic heterocycles. The Hall–Kier alpha value is -2.29. The summed E-state index contributed by atoms with van der Waals surface area (Å²) in [5, 5.41) is 3.38. The molecule has 0 aliphatic carbocycles. The second kappa shape index (κ2) is 5.37. The van der Waals surface area contributed by atoms with Crippen molar-refractivity contribution < 1.29 is 4.42 Å². The van der Waals surface area contributed by atoms with Gasteiger partial charge in [-0.05, 0) is 37.6 Å². The van der Waals surface area contributed by atoms with Crippen LogP contribution >= 0.6 is 0 Å². The Labute approximate surface area is 118 Å². The molecular formula is C17H18N2O. The molecule has 3 aromatic rings. The third-order valence-electron chi connectivity index (χ3n) is 3.38. The van der Waals surface area contributed by atoms with Crippen LogP contribution in [0.1, 0.15) is 17.0 Å². The molecule has 20 heavy (non-hydrogen) atoms. The highest BCUT2D eigenvalue weighted by Gasteiger charge is 2.06. The first-order chi connectivity index (χ1) is 9.72. The van der Waals surface area contributed by atoms with Gasteiger partial charge in [0.05, 0.1) is 0 Å². The average Bonchev–Trinajstić information content (AvgIpc) is 2.85. The molecule has 1 heterocycles. The molecule has 0 spiro atoms. The average molecular weight is 266 g/mol. The Balaban J connectivity index is 1.65. The van der Waals surface area contributed by atoms with E-state index >= 15 is 0 Å². The Morgan fingerprint density at radius 2 is 1.85 bits per heavy atom. The zero-order valence-corrected chi connectivity index (χ0v) is 11.8. The lowest BCUT2D eigenvalue weighted by Gasteiger charge is -2.04. The Morgan fingerprint density at radius 1 is 1.05 bits per heavy atom. The summed E-state index contributed by atoms with van der Waals surface area (Å²) in [6.45, 7) is 4.95. The highest BCUT2D eigenvalue weighted by molar-refractivity contribution is 5.75. The first kappa shape index (κ1) is 12.7. The number of oxazole rings is 1. The maximum atomic E-state index is 5.80. The molecule has 0 fully saturated rings. The minimum Gasteiger partial charge on any atom is -0.440 e. The number of aromatic nitrogens is 1. The van der Waals surface area contributed by atoms with Gasteiger partial charge in [-0.3, -0.25) is 0 Å². The van der Waals surface area contributed by atoms with Gasteiger partial charge in [0.2, 0.25) is 0 Å². The summed E-state index contributed by atoms with van der Waals surface area (Å²) < 4.78 is 5.80. The van der Waals surface area contributed by atoms with Crippen molar-refractivity contribution in [2.24, 2.45) is 0 Å². The molecule has 3 heteroatoms. The van der Waals surface area contributed by atoms with Crippen molar-refractivity contribution in [3.63, 3.8) is 0 Å². The summed E-state index contributed by atoms with van der Waals surface area (Å²) in [7, 11) is 0. The molecule has 3 rings (SSSR count). The van der Waals surface area contributed by atoms with E-state index in [4.69, 9.17) is 4.42 Å². The maximum Gasteiger partial charge on any atom is 0.197 e. The van der Waals surface area contributed by atoms with E-state index < -0.39 is 0 Å². The van der Waals surface area contributed by atoms with E-state index in [9.17, 15) is 0 Å². The van der Waals surface area contributed by atoms with Gasteiger partial charge in [0, 0.05) is 18.7 Å². The zero-order chi connectivity index (χ0) is 13.9. The minimum absolute atomic E-state index is 0.780. The molecule has 0 radical (unpaired) electrons. The number of para-hydroxylation sites is 1. The Morgan fingerprint density at radius 3 is 2.60 bits per heavy atom. The summed E-state index contributed by atoms with van der Waals surface area (Å²) in [4.78, 5) is 4.51. The topological polar surface area (TPSA) is 38.1 Å². The van der Waals surface area contributed by atoms with E-state index in [1.54, 1.807) is 0 Å². The lowest BCUT2D eigenvalue weighted by Crippen LogP contribution is -2.04. The molecule has 102 valence electrons. The van der Waals surface area contributed by atoms with Crippen molar-refractivity contribution in [1.82, 2.24) is 4.98 Å². The SMILES string of the molecule is Cc1ccc(NCCc2nc3cccc(C)c3o2)cc1. The number of fused-ring (bicyclic) bond motifs is 1. The lowest BCUT2D eigenvalue weighted by atomic mass is 10.2. The molecular weight excluding hydrogens is 248 g/mol. The highest BCUT2D eigenvalue weighted by atomic mass is 16.3. The fourth-order valence-electron chi connectivity index (χ4n) is 2.22. The summed E-state index contributed by atoms with van der Waals surface area (Å²) in [6, 6.07) is 14.4. The Kier molecular flexibility index (Phi) is 3.42. The molecule has 0 saturated heterocycles. The fourth-order valence-corrected chi connectivity index (χ4v) is 2.22. The number of nitrogens with zero attached hydrogens (tertiary/aromatic N) is 1. The van der Waals surface area contributed by atoms with Crippen molar-refractivity contribution in [1.29, 1.82) is 0 Å². The van der Waals surface area contributed by atoms with Crippen LogP contribution < -0.4 is 5.32 Å². The lowest BCUT2D eigenvalue weighted by molar-refractivity contribution is 0.532. The molecule has 0 amide bonds. The normalized spacial score (nSPS) is 10.9. The van der Waals surface area contributed by atoms with E-state index in [0.29, 0.717) is 0 Å². The highest BCUT2D eigenvalue weighted by Crippen LogP contribution is 2.19. The van der Waals surface area contributed by atoms with E-state index in [1.165, 1.54) is 5.56 Å².